The van der Waals surface area contributed by atoms with Gasteiger partial charge in [0.1, 0.15) is 0 Å². The van der Waals surface area contributed by atoms with Crippen molar-refractivity contribution in [2.24, 2.45) is 0 Å². The Kier molecular flexibility index (Phi) is 7.13. The van der Waals surface area contributed by atoms with Gasteiger partial charge in [-0.2, -0.15) is 5.10 Å². The second kappa shape index (κ2) is 8.43. The quantitative estimate of drug-likeness (QED) is 0.712. The average molecular weight is 256 g/mol. The molecule has 1 heterocycles. The van der Waals surface area contributed by atoms with Crippen LogP contribution in [0.1, 0.15) is 45.2 Å². The summed E-state index contributed by atoms with van der Waals surface area (Å²) in [7, 11) is 0. The van der Waals surface area contributed by atoms with E-state index in [2.05, 4.69) is 28.9 Å². The van der Waals surface area contributed by atoms with Crippen molar-refractivity contribution in [3.8, 4) is 0 Å². The summed E-state index contributed by atoms with van der Waals surface area (Å²) in [5, 5.41) is 8.45. The van der Waals surface area contributed by atoms with Crippen molar-refractivity contribution in [1.29, 1.82) is 0 Å². The van der Waals surface area contributed by atoms with Crippen molar-refractivity contribution >= 4 is 11.6 Å². The first kappa shape index (κ1) is 14.4. The van der Waals surface area contributed by atoms with Crippen molar-refractivity contribution in [1.82, 2.24) is 15.1 Å². The maximum absolute atomic E-state index is 5.73. The minimum Gasteiger partial charge on any atom is -0.297 e. The molecule has 0 fully saturated rings. The summed E-state index contributed by atoms with van der Waals surface area (Å²) in [6, 6.07) is 3.77. The number of unbranched alkanes of at least 4 members (excludes halogenated alkanes) is 2. The lowest BCUT2D eigenvalue weighted by Gasteiger charge is -2.21. The predicted molar refractivity (Wildman–Crippen MR) is 72.1 cm³/mol. The van der Waals surface area contributed by atoms with E-state index in [0.717, 1.165) is 25.3 Å². The van der Waals surface area contributed by atoms with E-state index in [4.69, 9.17) is 11.6 Å². The molecule has 0 bridgehead atoms. The lowest BCUT2D eigenvalue weighted by Crippen LogP contribution is -2.26. The fourth-order valence-corrected chi connectivity index (χ4v) is 1.79. The molecule has 0 saturated carbocycles. The molecular formula is C13H22ClN3. The number of rotatable bonds is 8. The molecule has 96 valence electrons. The molecule has 0 unspecified atom stereocenters. The summed E-state index contributed by atoms with van der Waals surface area (Å²) in [5.41, 5.74) is 1.00. The number of hydrogen-bond donors (Lipinski definition) is 0. The Morgan fingerprint density at radius 3 is 2.18 bits per heavy atom. The van der Waals surface area contributed by atoms with Crippen molar-refractivity contribution in [3.63, 3.8) is 0 Å². The molecule has 0 amide bonds. The zero-order chi connectivity index (χ0) is 12.5. The summed E-state index contributed by atoms with van der Waals surface area (Å²) in [6.07, 6.45) is 4.94. The zero-order valence-corrected chi connectivity index (χ0v) is 11.6. The van der Waals surface area contributed by atoms with Gasteiger partial charge in [-0.15, -0.1) is 5.10 Å². The molecule has 0 aliphatic heterocycles. The van der Waals surface area contributed by atoms with E-state index in [1.807, 2.05) is 12.1 Å². The lowest BCUT2D eigenvalue weighted by atomic mass is 10.2. The van der Waals surface area contributed by atoms with Gasteiger partial charge in [-0.05, 0) is 38.1 Å². The molecule has 4 heteroatoms. The van der Waals surface area contributed by atoms with Crippen LogP contribution >= 0.6 is 11.6 Å². The van der Waals surface area contributed by atoms with Crippen LogP contribution in [0.25, 0.3) is 0 Å². The van der Waals surface area contributed by atoms with Gasteiger partial charge in [0.05, 0.1) is 5.69 Å². The van der Waals surface area contributed by atoms with E-state index in [0.29, 0.717) is 5.15 Å². The summed E-state index contributed by atoms with van der Waals surface area (Å²) >= 11 is 5.73. The second-order valence-corrected chi connectivity index (χ2v) is 4.72. The highest BCUT2D eigenvalue weighted by Crippen LogP contribution is 2.07. The van der Waals surface area contributed by atoms with Crippen LogP contribution in [0.15, 0.2) is 12.1 Å². The maximum Gasteiger partial charge on any atom is 0.151 e. The van der Waals surface area contributed by atoms with Gasteiger partial charge in [0, 0.05) is 6.54 Å². The SMILES string of the molecule is CCCCN(CCCC)Cc1ccc(Cl)nn1. The topological polar surface area (TPSA) is 29.0 Å². The highest BCUT2D eigenvalue weighted by atomic mass is 35.5. The first-order chi connectivity index (χ1) is 8.26. The highest BCUT2D eigenvalue weighted by molar-refractivity contribution is 6.29. The minimum absolute atomic E-state index is 0.461. The van der Waals surface area contributed by atoms with Gasteiger partial charge in [0.25, 0.3) is 0 Å². The summed E-state index contributed by atoms with van der Waals surface area (Å²) in [5.74, 6) is 0. The molecule has 0 aliphatic carbocycles. The molecule has 0 spiro atoms. The van der Waals surface area contributed by atoms with Gasteiger partial charge in [0.2, 0.25) is 0 Å². The Morgan fingerprint density at radius 1 is 1.06 bits per heavy atom. The molecule has 1 aromatic rings. The van der Waals surface area contributed by atoms with E-state index in [9.17, 15) is 0 Å². The van der Waals surface area contributed by atoms with Crippen molar-refractivity contribution in [2.45, 2.75) is 46.1 Å². The largest absolute Gasteiger partial charge is 0.297 e. The molecule has 0 N–H and O–H groups in total. The van der Waals surface area contributed by atoms with Crippen LogP contribution < -0.4 is 0 Å². The first-order valence-electron chi connectivity index (χ1n) is 6.46. The predicted octanol–water partition coefficient (Wildman–Crippen LogP) is 3.53. The first-order valence-corrected chi connectivity index (χ1v) is 6.84. The average Bonchev–Trinajstić information content (AvgIpc) is 2.35. The third-order valence-electron chi connectivity index (χ3n) is 2.73. The molecule has 1 rings (SSSR count). The Bertz CT molecular complexity index is 292. The minimum atomic E-state index is 0.461. The van der Waals surface area contributed by atoms with E-state index in [1.54, 1.807) is 0 Å². The van der Waals surface area contributed by atoms with Gasteiger partial charge < -0.3 is 0 Å². The van der Waals surface area contributed by atoms with Gasteiger partial charge in [-0.1, -0.05) is 38.3 Å². The van der Waals surface area contributed by atoms with E-state index in [1.165, 1.54) is 25.7 Å². The normalized spacial score (nSPS) is 11.1. The van der Waals surface area contributed by atoms with Crippen LogP contribution in [0.2, 0.25) is 5.15 Å². The molecule has 1 aromatic heterocycles. The van der Waals surface area contributed by atoms with Crippen molar-refractivity contribution in [2.75, 3.05) is 13.1 Å². The van der Waals surface area contributed by atoms with Crippen molar-refractivity contribution in [3.05, 3.63) is 23.0 Å². The zero-order valence-electron chi connectivity index (χ0n) is 10.8. The highest BCUT2D eigenvalue weighted by Gasteiger charge is 2.06. The van der Waals surface area contributed by atoms with E-state index >= 15 is 0 Å². The molecule has 3 nitrogen and oxygen atoms in total. The fraction of sp³-hybridized carbons (Fsp3) is 0.692. The Hall–Kier alpha value is -0.670. The van der Waals surface area contributed by atoms with E-state index in [-0.39, 0.29) is 0 Å². The van der Waals surface area contributed by atoms with Crippen LogP contribution in [-0.2, 0) is 6.54 Å². The summed E-state index contributed by atoms with van der Waals surface area (Å²) < 4.78 is 0. The molecule has 0 aliphatic rings. The number of halogens is 1. The monoisotopic (exact) mass is 255 g/mol. The smallest absolute Gasteiger partial charge is 0.151 e. The van der Waals surface area contributed by atoms with Gasteiger partial charge in [-0.25, -0.2) is 0 Å². The van der Waals surface area contributed by atoms with Crippen LogP contribution in [0.5, 0.6) is 0 Å². The molecule has 17 heavy (non-hydrogen) atoms. The van der Waals surface area contributed by atoms with Gasteiger partial charge in [0.15, 0.2) is 5.15 Å². The van der Waals surface area contributed by atoms with Crippen LogP contribution in [0.4, 0.5) is 0 Å². The standard InChI is InChI=1S/C13H22ClN3/c1-3-5-9-17(10-6-4-2)11-12-7-8-13(14)16-15-12/h7-8H,3-6,9-11H2,1-2H3. The van der Waals surface area contributed by atoms with Gasteiger partial charge >= 0.3 is 0 Å². The summed E-state index contributed by atoms with van der Waals surface area (Å²) in [6.45, 7) is 7.60. The maximum atomic E-state index is 5.73. The molecule has 0 aromatic carbocycles. The third-order valence-corrected chi connectivity index (χ3v) is 2.93. The van der Waals surface area contributed by atoms with Crippen LogP contribution in [-0.4, -0.2) is 28.2 Å². The lowest BCUT2D eigenvalue weighted by molar-refractivity contribution is 0.253. The Balaban J connectivity index is 2.48. The van der Waals surface area contributed by atoms with Crippen molar-refractivity contribution < 1.29 is 0 Å². The van der Waals surface area contributed by atoms with E-state index < -0.39 is 0 Å². The Morgan fingerprint density at radius 2 is 1.71 bits per heavy atom. The Labute approximate surface area is 109 Å². The van der Waals surface area contributed by atoms with Gasteiger partial charge in [-0.3, -0.25) is 4.90 Å². The number of hydrogen-bond acceptors (Lipinski definition) is 3. The molecular weight excluding hydrogens is 234 g/mol. The molecule has 0 radical (unpaired) electrons. The van der Waals surface area contributed by atoms with Crippen LogP contribution in [0.3, 0.4) is 0 Å². The molecule has 0 saturated heterocycles. The number of aromatic nitrogens is 2. The number of nitrogens with zero attached hydrogens (tertiary/aromatic N) is 3. The second-order valence-electron chi connectivity index (χ2n) is 4.33. The fourth-order valence-electron chi connectivity index (χ4n) is 1.69. The summed E-state index contributed by atoms with van der Waals surface area (Å²) in [4.78, 5) is 2.45. The molecule has 0 atom stereocenters. The van der Waals surface area contributed by atoms with Crippen LogP contribution in [0, 0.1) is 0 Å². The third kappa shape index (κ3) is 5.99.